The second-order valence-electron chi connectivity index (χ2n) is 5.67. The maximum atomic E-state index is 12.5. The average molecular weight is 290 g/mol. The summed E-state index contributed by atoms with van der Waals surface area (Å²) in [5.41, 5.74) is 0.579. The van der Waals surface area contributed by atoms with Crippen LogP contribution in [0.25, 0.3) is 0 Å². The molecule has 21 heavy (non-hydrogen) atoms. The normalized spacial score (nSPS) is 23.4. The van der Waals surface area contributed by atoms with Crippen molar-refractivity contribution in [3.8, 4) is 0 Å². The van der Waals surface area contributed by atoms with Crippen LogP contribution in [0.5, 0.6) is 0 Å². The Hall–Kier alpha value is -2.04. The number of carbonyl (C=O) groups is 2. The van der Waals surface area contributed by atoms with Crippen molar-refractivity contribution in [2.75, 3.05) is 0 Å². The number of carbonyl (C=O) groups excluding carboxylic acids is 1. The predicted molar refractivity (Wildman–Crippen MR) is 80.0 cm³/mol. The van der Waals surface area contributed by atoms with E-state index in [0.717, 1.165) is 19.3 Å². The fraction of sp³-hybridized carbons (Fsp3) is 0.500. The minimum absolute atomic E-state index is 0.138. The van der Waals surface area contributed by atoms with Crippen molar-refractivity contribution in [2.45, 2.75) is 51.2 Å². The summed E-state index contributed by atoms with van der Waals surface area (Å²) in [6, 6.07) is 7.74. The zero-order chi connectivity index (χ0) is 15.4. The Morgan fingerprint density at radius 3 is 2.29 bits per heavy atom. The van der Waals surface area contributed by atoms with Crippen LogP contribution in [0.2, 0.25) is 0 Å². The Kier molecular flexibility index (Phi) is 4.83. The monoisotopic (exact) mass is 290 g/mol. The number of rotatable bonds is 3. The van der Waals surface area contributed by atoms with Gasteiger partial charge in [0.2, 0.25) is 0 Å². The number of piperidine rings is 1. The number of hydrogen-bond donors (Lipinski definition) is 2. The number of hydrogen-bond acceptors (Lipinski definition) is 2. The van der Waals surface area contributed by atoms with E-state index in [1.54, 1.807) is 29.2 Å². The van der Waals surface area contributed by atoms with Gasteiger partial charge < -0.3 is 15.3 Å². The first-order chi connectivity index (χ1) is 10.0. The molecular formula is C16H22N2O3. The van der Waals surface area contributed by atoms with Crippen molar-refractivity contribution < 1.29 is 14.7 Å². The number of nitrogens with one attached hydrogen (secondary N) is 1. The fourth-order valence-corrected chi connectivity index (χ4v) is 2.95. The van der Waals surface area contributed by atoms with Crippen molar-refractivity contribution in [1.82, 2.24) is 10.2 Å². The topological polar surface area (TPSA) is 69.6 Å². The van der Waals surface area contributed by atoms with E-state index in [-0.39, 0.29) is 18.1 Å². The van der Waals surface area contributed by atoms with E-state index >= 15 is 0 Å². The van der Waals surface area contributed by atoms with Crippen LogP contribution < -0.4 is 5.32 Å². The molecule has 0 spiro atoms. The number of amides is 2. The van der Waals surface area contributed by atoms with Crippen LogP contribution in [0, 0.1) is 0 Å². The molecule has 2 rings (SSSR count). The van der Waals surface area contributed by atoms with E-state index in [1.807, 2.05) is 19.9 Å². The predicted octanol–water partition coefficient (Wildman–Crippen LogP) is 2.78. The van der Waals surface area contributed by atoms with E-state index in [1.165, 1.54) is 0 Å². The molecule has 114 valence electrons. The SMILES string of the molecule is C[C@@H]1CCC[C@H](C)N1C(=O)NC(C(=O)O)c1ccccc1. The van der Waals surface area contributed by atoms with Gasteiger partial charge in [0.1, 0.15) is 0 Å². The van der Waals surface area contributed by atoms with E-state index in [4.69, 9.17) is 0 Å². The number of urea groups is 1. The van der Waals surface area contributed by atoms with Gasteiger partial charge in [-0.15, -0.1) is 0 Å². The largest absolute Gasteiger partial charge is 0.479 e. The molecule has 1 saturated heterocycles. The minimum atomic E-state index is -1.05. The van der Waals surface area contributed by atoms with Gasteiger partial charge in [0.05, 0.1) is 0 Å². The van der Waals surface area contributed by atoms with Crippen LogP contribution in [0.15, 0.2) is 30.3 Å². The molecule has 1 aliphatic heterocycles. The van der Waals surface area contributed by atoms with Gasteiger partial charge in [0.25, 0.3) is 0 Å². The van der Waals surface area contributed by atoms with Gasteiger partial charge in [-0.05, 0) is 38.7 Å². The van der Waals surface area contributed by atoms with Gasteiger partial charge in [0.15, 0.2) is 6.04 Å². The number of likely N-dealkylation sites (tertiary alicyclic amines) is 1. The smallest absolute Gasteiger partial charge is 0.330 e. The van der Waals surface area contributed by atoms with Crippen LogP contribution in [0.3, 0.4) is 0 Å². The van der Waals surface area contributed by atoms with Crippen molar-refractivity contribution >= 4 is 12.0 Å². The summed E-state index contributed by atoms with van der Waals surface area (Å²) in [5, 5.41) is 12.0. The van der Waals surface area contributed by atoms with Gasteiger partial charge in [-0.2, -0.15) is 0 Å². The van der Waals surface area contributed by atoms with Crippen LogP contribution in [0.1, 0.15) is 44.7 Å². The molecule has 1 fully saturated rings. The number of nitrogens with zero attached hydrogens (tertiary/aromatic N) is 1. The fourth-order valence-electron chi connectivity index (χ4n) is 2.95. The average Bonchev–Trinajstić information content (AvgIpc) is 2.45. The summed E-state index contributed by atoms with van der Waals surface area (Å²) in [5.74, 6) is -1.05. The molecule has 1 aliphatic rings. The first-order valence-corrected chi connectivity index (χ1v) is 7.37. The maximum Gasteiger partial charge on any atom is 0.330 e. The van der Waals surface area contributed by atoms with E-state index in [0.29, 0.717) is 5.56 Å². The number of aliphatic carboxylic acids is 1. The van der Waals surface area contributed by atoms with Crippen LogP contribution in [-0.2, 0) is 4.79 Å². The summed E-state index contributed by atoms with van der Waals surface area (Å²) in [4.78, 5) is 25.7. The molecule has 2 N–H and O–H groups in total. The van der Waals surface area contributed by atoms with E-state index in [9.17, 15) is 14.7 Å². The number of carboxylic acid groups (broad SMARTS) is 1. The van der Waals surface area contributed by atoms with E-state index < -0.39 is 12.0 Å². The highest BCUT2D eigenvalue weighted by molar-refractivity contribution is 5.84. The Bertz CT molecular complexity index is 494. The molecule has 0 radical (unpaired) electrons. The zero-order valence-corrected chi connectivity index (χ0v) is 12.5. The highest BCUT2D eigenvalue weighted by Crippen LogP contribution is 2.23. The summed E-state index contributed by atoms with van der Waals surface area (Å²) < 4.78 is 0. The van der Waals surface area contributed by atoms with Crippen molar-refractivity contribution in [3.63, 3.8) is 0 Å². The van der Waals surface area contributed by atoms with Gasteiger partial charge >= 0.3 is 12.0 Å². The molecule has 1 aromatic carbocycles. The van der Waals surface area contributed by atoms with Crippen LogP contribution in [-0.4, -0.2) is 34.1 Å². The van der Waals surface area contributed by atoms with Crippen LogP contribution in [0.4, 0.5) is 4.79 Å². The second kappa shape index (κ2) is 6.61. The standard InChI is InChI=1S/C16H22N2O3/c1-11-7-6-8-12(2)18(11)16(21)17-14(15(19)20)13-9-4-3-5-10-13/h3-5,9-12,14H,6-8H2,1-2H3,(H,17,21)(H,19,20)/t11-,12+,14?. The lowest BCUT2D eigenvalue weighted by Crippen LogP contribution is -2.53. The number of carboxylic acids is 1. The lowest BCUT2D eigenvalue weighted by atomic mass is 9.98. The Morgan fingerprint density at radius 2 is 1.76 bits per heavy atom. The molecule has 5 heteroatoms. The molecule has 1 unspecified atom stereocenters. The summed E-state index contributed by atoms with van der Waals surface area (Å²) in [6.07, 6.45) is 3.02. The van der Waals surface area contributed by atoms with Gasteiger partial charge in [-0.1, -0.05) is 30.3 Å². The van der Waals surface area contributed by atoms with Gasteiger partial charge in [0, 0.05) is 12.1 Å². The molecule has 1 aromatic rings. The van der Waals surface area contributed by atoms with Gasteiger partial charge in [-0.25, -0.2) is 9.59 Å². The molecule has 0 aromatic heterocycles. The first-order valence-electron chi connectivity index (χ1n) is 7.37. The molecule has 0 saturated carbocycles. The third-order valence-corrected chi connectivity index (χ3v) is 4.08. The lowest BCUT2D eigenvalue weighted by molar-refractivity contribution is -0.139. The van der Waals surface area contributed by atoms with Gasteiger partial charge in [-0.3, -0.25) is 0 Å². The summed E-state index contributed by atoms with van der Waals surface area (Å²) in [6.45, 7) is 4.01. The molecule has 0 aliphatic carbocycles. The number of benzene rings is 1. The molecule has 0 bridgehead atoms. The molecule has 1 heterocycles. The zero-order valence-electron chi connectivity index (χ0n) is 12.5. The summed E-state index contributed by atoms with van der Waals surface area (Å²) >= 11 is 0. The quantitative estimate of drug-likeness (QED) is 0.899. The first kappa shape index (κ1) is 15.4. The summed E-state index contributed by atoms with van der Waals surface area (Å²) in [7, 11) is 0. The lowest BCUT2D eigenvalue weighted by Gasteiger charge is -2.39. The molecule has 3 atom stereocenters. The Balaban J connectivity index is 2.13. The van der Waals surface area contributed by atoms with E-state index in [2.05, 4.69) is 5.32 Å². The molecular weight excluding hydrogens is 268 g/mol. The van der Waals surface area contributed by atoms with Crippen molar-refractivity contribution in [3.05, 3.63) is 35.9 Å². The maximum absolute atomic E-state index is 12.5. The third kappa shape index (κ3) is 3.54. The third-order valence-electron chi connectivity index (χ3n) is 4.08. The molecule has 5 nitrogen and oxygen atoms in total. The second-order valence-corrected chi connectivity index (χ2v) is 5.67. The highest BCUT2D eigenvalue weighted by Gasteiger charge is 2.31. The Labute approximate surface area is 125 Å². The molecule has 2 amide bonds. The minimum Gasteiger partial charge on any atom is -0.479 e. The van der Waals surface area contributed by atoms with Crippen molar-refractivity contribution in [2.24, 2.45) is 0 Å². The van der Waals surface area contributed by atoms with Crippen molar-refractivity contribution in [1.29, 1.82) is 0 Å². The Morgan fingerprint density at radius 1 is 1.19 bits per heavy atom. The highest BCUT2D eigenvalue weighted by atomic mass is 16.4. The van der Waals surface area contributed by atoms with Crippen LogP contribution >= 0.6 is 0 Å².